The van der Waals surface area contributed by atoms with Crippen LogP contribution in [0.25, 0.3) is 5.95 Å². The molecule has 0 radical (unpaired) electrons. The van der Waals surface area contributed by atoms with Gasteiger partial charge in [0, 0.05) is 51.1 Å². The third-order valence-electron chi connectivity index (χ3n) is 6.78. The highest BCUT2D eigenvalue weighted by molar-refractivity contribution is 7.90. The summed E-state index contributed by atoms with van der Waals surface area (Å²) in [6.45, 7) is 2.95. The molecule has 0 bridgehead atoms. The molecule has 3 heterocycles. The first-order valence-corrected chi connectivity index (χ1v) is 15.0. The molecule has 3 amide bonds. The number of imidazole rings is 1. The molecular formula is C28H29ClN8O4S. The number of piperazine rings is 1. The SMILES string of the molecule is Cc1ccc(CNC(=O)CC2CN(c3cc(Cl)nc(-n4ccnc4)n3)CCN2C(=O)NS(=O)(=O)c2ccccc2)cc1. The molecule has 1 aliphatic heterocycles. The largest absolute Gasteiger partial charge is 0.353 e. The van der Waals surface area contributed by atoms with E-state index in [1.807, 2.05) is 36.1 Å². The van der Waals surface area contributed by atoms with Crippen LogP contribution in [0.15, 0.2) is 84.3 Å². The van der Waals surface area contributed by atoms with E-state index in [-0.39, 0.29) is 35.5 Å². The van der Waals surface area contributed by atoms with Crippen molar-refractivity contribution in [2.45, 2.75) is 30.8 Å². The van der Waals surface area contributed by atoms with Crippen LogP contribution in [0.5, 0.6) is 0 Å². The number of carbonyl (C=O) groups is 2. The number of nitrogens with zero attached hydrogens (tertiary/aromatic N) is 6. The molecule has 1 atom stereocenters. The summed E-state index contributed by atoms with van der Waals surface area (Å²) in [6.07, 6.45) is 4.77. The number of hydrogen-bond donors (Lipinski definition) is 2. The molecule has 5 rings (SSSR count). The van der Waals surface area contributed by atoms with Gasteiger partial charge in [-0.15, -0.1) is 0 Å². The lowest BCUT2D eigenvalue weighted by Crippen LogP contribution is -2.59. The number of benzene rings is 2. The Labute approximate surface area is 248 Å². The molecule has 42 heavy (non-hydrogen) atoms. The number of hydrogen-bond acceptors (Lipinski definition) is 8. The average molecular weight is 609 g/mol. The zero-order valence-electron chi connectivity index (χ0n) is 22.7. The minimum absolute atomic E-state index is 0.0352. The van der Waals surface area contributed by atoms with Crippen LogP contribution in [0.2, 0.25) is 5.15 Å². The van der Waals surface area contributed by atoms with Gasteiger partial charge in [0.05, 0.1) is 10.9 Å². The van der Waals surface area contributed by atoms with Gasteiger partial charge in [-0.25, -0.2) is 27.9 Å². The molecular weight excluding hydrogens is 580 g/mol. The smallest absolute Gasteiger partial charge is 0.331 e. The number of rotatable bonds is 8. The van der Waals surface area contributed by atoms with Gasteiger partial charge in [-0.2, -0.15) is 4.98 Å². The van der Waals surface area contributed by atoms with Gasteiger partial charge in [0.15, 0.2) is 0 Å². The standard InChI is InChI=1S/C28H29ClN8O4S/c1-20-7-9-21(10-8-20)17-31-26(38)15-22-18-35(25-16-24(29)32-27(33-25)36-12-11-30-19-36)13-14-37(22)28(39)34-42(40,41)23-5-3-2-4-6-23/h2-12,16,19,22H,13-15,17-18H2,1H3,(H,31,38)(H,34,39). The molecule has 1 unspecified atom stereocenters. The number of aromatic nitrogens is 4. The minimum atomic E-state index is -4.11. The molecule has 2 N–H and O–H groups in total. The maximum Gasteiger partial charge on any atom is 0.331 e. The second-order valence-electron chi connectivity index (χ2n) is 9.80. The summed E-state index contributed by atoms with van der Waals surface area (Å²) in [5.41, 5.74) is 2.05. The molecule has 1 saturated heterocycles. The first-order chi connectivity index (χ1) is 20.2. The predicted molar refractivity (Wildman–Crippen MR) is 157 cm³/mol. The number of nitrogens with one attached hydrogen (secondary N) is 2. The van der Waals surface area contributed by atoms with Crippen molar-refractivity contribution in [3.05, 3.63) is 95.7 Å². The summed E-state index contributed by atoms with van der Waals surface area (Å²) < 4.78 is 29.5. The quantitative estimate of drug-likeness (QED) is 0.291. The number of aryl methyl sites for hydroxylation is 1. The molecule has 0 saturated carbocycles. The third-order valence-corrected chi connectivity index (χ3v) is 8.31. The van der Waals surface area contributed by atoms with E-state index in [1.54, 1.807) is 47.6 Å². The van der Waals surface area contributed by atoms with Gasteiger partial charge < -0.3 is 15.1 Å². The molecule has 0 aliphatic carbocycles. The van der Waals surface area contributed by atoms with E-state index in [0.717, 1.165) is 11.1 Å². The van der Waals surface area contributed by atoms with Gasteiger partial charge in [-0.3, -0.25) is 9.36 Å². The van der Waals surface area contributed by atoms with Crippen molar-refractivity contribution in [1.82, 2.24) is 34.5 Å². The zero-order valence-corrected chi connectivity index (χ0v) is 24.3. The first kappa shape index (κ1) is 29.0. The Morgan fingerprint density at radius 3 is 2.52 bits per heavy atom. The fraction of sp³-hybridized carbons (Fsp3) is 0.250. The Kier molecular flexibility index (Phi) is 8.69. The molecule has 0 spiro atoms. The third kappa shape index (κ3) is 7.04. The van der Waals surface area contributed by atoms with Crippen LogP contribution >= 0.6 is 11.6 Å². The molecule has 1 fully saturated rings. The summed E-state index contributed by atoms with van der Waals surface area (Å²) in [5, 5.41) is 3.11. The average Bonchev–Trinajstić information content (AvgIpc) is 3.52. The van der Waals surface area contributed by atoms with Gasteiger partial charge in [0.25, 0.3) is 10.0 Å². The molecule has 218 valence electrons. The van der Waals surface area contributed by atoms with Crippen LogP contribution in [0.4, 0.5) is 10.6 Å². The summed E-state index contributed by atoms with van der Waals surface area (Å²) in [6, 6.07) is 15.5. The van der Waals surface area contributed by atoms with Crippen LogP contribution in [-0.4, -0.2) is 70.5 Å². The van der Waals surface area contributed by atoms with Crippen molar-refractivity contribution in [3.63, 3.8) is 0 Å². The Morgan fingerprint density at radius 2 is 1.81 bits per heavy atom. The highest BCUT2D eigenvalue weighted by atomic mass is 35.5. The van der Waals surface area contributed by atoms with E-state index in [2.05, 4.69) is 25.0 Å². The number of sulfonamides is 1. The second-order valence-corrected chi connectivity index (χ2v) is 11.9. The lowest BCUT2D eigenvalue weighted by molar-refractivity contribution is -0.122. The van der Waals surface area contributed by atoms with Crippen LogP contribution in [0.3, 0.4) is 0 Å². The van der Waals surface area contributed by atoms with Crippen molar-refractivity contribution in [3.8, 4) is 5.95 Å². The van der Waals surface area contributed by atoms with Crippen molar-refractivity contribution < 1.29 is 18.0 Å². The lowest BCUT2D eigenvalue weighted by Gasteiger charge is -2.41. The number of halogens is 1. The number of anilines is 1. The topological polar surface area (TPSA) is 142 Å². The van der Waals surface area contributed by atoms with Crippen molar-refractivity contribution in [2.24, 2.45) is 0 Å². The molecule has 2 aromatic heterocycles. The summed E-state index contributed by atoms with van der Waals surface area (Å²) in [5.74, 6) is 0.531. The van der Waals surface area contributed by atoms with Crippen molar-refractivity contribution in [2.75, 3.05) is 24.5 Å². The lowest BCUT2D eigenvalue weighted by atomic mass is 10.1. The Bertz CT molecular complexity index is 1650. The van der Waals surface area contributed by atoms with Crippen LogP contribution in [0.1, 0.15) is 17.5 Å². The van der Waals surface area contributed by atoms with E-state index in [4.69, 9.17) is 11.6 Å². The maximum absolute atomic E-state index is 13.3. The fourth-order valence-electron chi connectivity index (χ4n) is 4.58. The normalized spacial score (nSPS) is 15.3. The molecule has 1 aliphatic rings. The first-order valence-electron chi connectivity index (χ1n) is 13.2. The van der Waals surface area contributed by atoms with Gasteiger partial charge in [0.1, 0.15) is 17.3 Å². The maximum atomic E-state index is 13.3. The van der Waals surface area contributed by atoms with Crippen LogP contribution in [-0.2, 0) is 21.4 Å². The van der Waals surface area contributed by atoms with E-state index >= 15 is 0 Å². The van der Waals surface area contributed by atoms with Crippen molar-refractivity contribution in [1.29, 1.82) is 0 Å². The zero-order chi connectivity index (χ0) is 29.7. The van der Waals surface area contributed by atoms with Gasteiger partial charge in [-0.05, 0) is 24.6 Å². The molecule has 14 heteroatoms. The Hall–Kier alpha value is -4.49. The second kappa shape index (κ2) is 12.6. The van der Waals surface area contributed by atoms with Crippen molar-refractivity contribution >= 4 is 39.4 Å². The van der Waals surface area contributed by atoms with Gasteiger partial charge >= 0.3 is 6.03 Å². The van der Waals surface area contributed by atoms with E-state index in [0.29, 0.717) is 24.9 Å². The van der Waals surface area contributed by atoms with Gasteiger partial charge in [-0.1, -0.05) is 59.6 Å². The van der Waals surface area contributed by atoms with E-state index in [1.165, 1.54) is 17.0 Å². The van der Waals surface area contributed by atoms with E-state index in [9.17, 15) is 18.0 Å². The Morgan fingerprint density at radius 1 is 1.05 bits per heavy atom. The molecule has 12 nitrogen and oxygen atoms in total. The number of amides is 3. The minimum Gasteiger partial charge on any atom is -0.353 e. The Balaban J connectivity index is 1.35. The summed E-state index contributed by atoms with van der Waals surface area (Å²) >= 11 is 6.31. The van der Waals surface area contributed by atoms with E-state index < -0.39 is 22.1 Å². The highest BCUT2D eigenvalue weighted by Gasteiger charge is 2.34. The number of carbonyl (C=O) groups excluding carboxylic acids is 2. The monoisotopic (exact) mass is 608 g/mol. The molecule has 4 aromatic rings. The summed E-state index contributed by atoms with van der Waals surface area (Å²) in [7, 11) is -4.11. The fourth-order valence-corrected chi connectivity index (χ4v) is 5.73. The number of urea groups is 1. The highest BCUT2D eigenvalue weighted by Crippen LogP contribution is 2.23. The van der Waals surface area contributed by atoms with Gasteiger partial charge in [0.2, 0.25) is 11.9 Å². The van der Waals surface area contributed by atoms with Crippen LogP contribution in [0, 0.1) is 6.92 Å². The predicted octanol–water partition coefficient (Wildman–Crippen LogP) is 2.92. The summed E-state index contributed by atoms with van der Waals surface area (Å²) in [4.78, 5) is 42.5. The molecule has 2 aromatic carbocycles. The van der Waals surface area contributed by atoms with Crippen LogP contribution < -0.4 is 14.9 Å².